The maximum atomic E-state index is 10.2. The van der Waals surface area contributed by atoms with E-state index in [9.17, 15) is 9.59 Å². The molecular weight excluding hydrogens is 552 g/mol. The van der Waals surface area contributed by atoms with Crippen LogP contribution in [0.25, 0.3) is 0 Å². The van der Waals surface area contributed by atoms with Crippen molar-refractivity contribution in [3.05, 3.63) is 60.7 Å². The number of phenolic OH excluding ortho intramolecular Hbond substituents is 2. The highest BCUT2D eigenvalue weighted by Gasteiger charge is 1.97. The van der Waals surface area contributed by atoms with E-state index in [1.54, 1.807) is 48.5 Å². The molecule has 2 rings (SSSR count). The molecule has 0 saturated heterocycles. The number of phenols is 2. The molecule has 0 radical (unpaired) electrons. The van der Waals surface area contributed by atoms with Crippen molar-refractivity contribution in [1.29, 1.82) is 0 Å². The van der Waals surface area contributed by atoms with E-state index in [0.29, 0.717) is 24.3 Å². The van der Waals surface area contributed by atoms with Crippen LogP contribution in [-0.2, 0) is 9.59 Å². The number of aliphatic carboxylic acids is 2. The van der Waals surface area contributed by atoms with Crippen LogP contribution in [-0.4, -0.2) is 32.4 Å². The molecule has 0 aromatic heterocycles. The molecule has 0 spiro atoms. The van der Waals surface area contributed by atoms with Gasteiger partial charge in [-0.25, -0.2) is 0 Å². The van der Waals surface area contributed by atoms with Gasteiger partial charge in [0.15, 0.2) is 0 Å². The first-order valence-electron chi connectivity index (χ1n) is 17.2. The largest absolute Gasteiger partial charge is 0.508 e. The molecule has 6 heteroatoms. The normalized spacial score (nSPS) is 9.86. The minimum atomic E-state index is -0.658. The fourth-order valence-electron chi connectivity index (χ4n) is 4.38. The zero-order valence-corrected chi connectivity index (χ0v) is 27.9. The predicted octanol–water partition coefficient (Wildman–Crippen LogP) is 11.5. The molecule has 6 nitrogen and oxygen atoms in total. The van der Waals surface area contributed by atoms with Gasteiger partial charge < -0.3 is 20.4 Å². The lowest BCUT2D eigenvalue weighted by Gasteiger charge is -2.01. The Morgan fingerprint density at radius 3 is 0.818 bits per heavy atom. The predicted molar refractivity (Wildman–Crippen MR) is 184 cm³/mol. The van der Waals surface area contributed by atoms with Gasteiger partial charge >= 0.3 is 11.9 Å². The van der Waals surface area contributed by atoms with Crippen LogP contribution in [0.5, 0.6) is 11.5 Å². The summed E-state index contributed by atoms with van der Waals surface area (Å²) in [7, 11) is 0. The van der Waals surface area contributed by atoms with E-state index in [1.807, 2.05) is 12.1 Å². The maximum absolute atomic E-state index is 10.2. The van der Waals surface area contributed by atoms with Gasteiger partial charge in [0.25, 0.3) is 0 Å². The van der Waals surface area contributed by atoms with Crippen LogP contribution in [0.15, 0.2) is 60.7 Å². The zero-order valence-electron chi connectivity index (χ0n) is 27.9. The summed E-state index contributed by atoms with van der Waals surface area (Å²) in [5.74, 6) is -0.672. The van der Waals surface area contributed by atoms with Gasteiger partial charge in [-0.2, -0.15) is 0 Å². The fourth-order valence-corrected chi connectivity index (χ4v) is 4.38. The third kappa shape index (κ3) is 41.1. The Hall–Kier alpha value is -3.02. The summed E-state index contributed by atoms with van der Waals surface area (Å²) in [6.07, 6.45) is 25.8. The summed E-state index contributed by atoms with van der Waals surface area (Å²) in [5, 5.41) is 34.1. The van der Waals surface area contributed by atoms with Gasteiger partial charge in [0.05, 0.1) is 0 Å². The Labute approximate surface area is 268 Å². The Morgan fingerprint density at radius 1 is 0.409 bits per heavy atom. The van der Waals surface area contributed by atoms with Gasteiger partial charge in [0.1, 0.15) is 11.5 Å². The Balaban J connectivity index is 0. The molecule has 252 valence electrons. The van der Waals surface area contributed by atoms with E-state index in [-0.39, 0.29) is 0 Å². The third-order valence-corrected chi connectivity index (χ3v) is 7.00. The van der Waals surface area contributed by atoms with Crippen molar-refractivity contribution in [3.63, 3.8) is 0 Å². The van der Waals surface area contributed by atoms with Crippen LogP contribution in [0.2, 0.25) is 0 Å². The van der Waals surface area contributed by atoms with Crippen LogP contribution in [0, 0.1) is 0 Å². The highest BCUT2D eigenvalue weighted by Crippen LogP contribution is 2.12. The van der Waals surface area contributed by atoms with Crippen molar-refractivity contribution in [2.75, 3.05) is 0 Å². The van der Waals surface area contributed by atoms with E-state index in [0.717, 1.165) is 25.7 Å². The molecule has 0 unspecified atom stereocenters. The van der Waals surface area contributed by atoms with E-state index in [2.05, 4.69) is 13.8 Å². The average Bonchev–Trinajstić information content (AvgIpc) is 3.00. The molecule has 0 bridgehead atoms. The van der Waals surface area contributed by atoms with Gasteiger partial charge in [-0.05, 0) is 37.1 Å². The maximum Gasteiger partial charge on any atom is 0.303 e. The van der Waals surface area contributed by atoms with E-state index >= 15 is 0 Å². The minimum Gasteiger partial charge on any atom is -0.508 e. The first kappa shape index (κ1) is 43.1. The quantitative estimate of drug-likeness (QED) is 0.0978. The Morgan fingerprint density at radius 2 is 0.636 bits per heavy atom. The number of para-hydroxylation sites is 2. The van der Waals surface area contributed by atoms with Crippen molar-refractivity contribution in [1.82, 2.24) is 0 Å². The van der Waals surface area contributed by atoms with Gasteiger partial charge in [-0.1, -0.05) is 166 Å². The number of rotatable bonds is 22. The molecular formula is C38H64O6. The van der Waals surface area contributed by atoms with Crippen molar-refractivity contribution in [2.24, 2.45) is 0 Å². The molecule has 44 heavy (non-hydrogen) atoms. The third-order valence-electron chi connectivity index (χ3n) is 7.00. The topological polar surface area (TPSA) is 115 Å². The molecule has 0 fully saturated rings. The first-order valence-corrected chi connectivity index (χ1v) is 17.2. The Bertz CT molecular complexity index is 769. The molecule has 0 atom stereocenters. The van der Waals surface area contributed by atoms with Crippen molar-refractivity contribution in [2.45, 2.75) is 155 Å². The zero-order chi connectivity index (χ0) is 32.9. The van der Waals surface area contributed by atoms with Crippen molar-refractivity contribution < 1.29 is 30.0 Å². The number of carbonyl (C=O) groups is 2. The van der Waals surface area contributed by atoms with Crippen LogP contribution in [0.1, 0.15) is 155 Å². The van der Waals surface area contributed by atoms with Crippen LogP contribution in [0.3, 0.4) is 0 Å². The molecule has 4 N–H and O–H groups in total. The second kappa shape index (κ2) is 36.2. The number of carboxylic acids is 2. The number of carboxylic acid groups (broad SMARTS) is 2. The molecule has 0 aliphatic rings. The highest BCUT2D eigenvalue weighted by molar-refractivity contribution is 5.66. The summed E-state index contributed by atoms with van der Waals surface area (Å²) in [4.78, 5) is 20.5. The second-order valence-corrected chi connectivity index (χ2v) is 11.3. The number of hydrogen-bond acceptors (Lipinski definition) is 4. The van der Waals surface area contributed by atoms with Gasteiger partial charge in [-0.15, -0.1) is 0 Å². The minimum absolute atomic E-state index is 0.322. The molecule has 0 aliphatic carbocycles. The first-order chi connectivity index (χ1) is 21.3. The molecule has 0 saturated carbocycles. The number of aromatic hydroxyl groups is 2. The lowest BCUT2D eigenvalue weighted by molar-refractivity contribution is -0.138. The van der Waals surface area contributed by atoms with Gasteiger partial charge in [0.2, 0.25) is 0 Å². The molecule has 2 aromatic carbocycles. The number of hydrogen-bond donors (Lipinski definition) is 4. The summed E-state index contributed by atoms with van der Waals surface area (Å²) in [6, 6.07) is 17.4. The standard InChI is InChI=1S/2C13H26O2.2C6H6O/c2*1-2-3-4-5-6-7-8-9-10-11-12-13(14)15;2*7-6-4-2-1-3-5-6/h2*2-12H2,1H3,(H,14,15);2*1-5,7H. The highest BCUT2D eigenvalue weighted by atomic mass is 16.4. The van der Waals surface area contributed by atoms with E-state index in [4.69, 9.17) is 20.4 Å². The van der Waals surface area contributed by atoms with Gasteiger partial charge in [-0.3, -0.25) is 9.59 Å². The number of benzene rings is 2. The van der Waals surface area contributed by atoms with Crippen molar-refractivity contribution >= 4 is 11.9 Å². The monoisotopic (exact) mass is 616 g/mol. The SMILES string of the molecule is CCCCCCCCCCCCC(=O)O.CCCCCCCCCCCCC(=O)O.Oc1ccccc1.Oc1ccccc1. The number of unbranched alkanes of at least 4 members (excludes halogenated alkanes) is 18. The second-order valence-electron chi connectivity index (χ2n) is 11.3. The van der Waals surface area contributed by atoms with Gasteiger partial charge in [0, 0.05) is 12.8 Å². The summed E-state index contributed by atoms with van der Waals surface area (Å²) >= 11 is 0. The van der Waals surface area contributed by atoms with Crippen LogP contribution in [0.4, 0.5) is 0 Å². The smallest absolute Gasteiger partial charge is 0.303 e. The molecule has 0 aliphatic heterocycles. The lowest BCUT2D eigenvalue weighted by atomic mass is 10.1. The average molecular weight is 617 g/mol. The summed E-state index contributed by atoms with van der Waals surface area (Å²) < 4.78 is 0. The summed E-state index contributed by atoms with van der Waals surface area (Å²) in [6.45, 7) is 4.48. The van der Waals surface area contributed by atoms with Crippen LogP contribution >= 0.6 is 0 Å². The Kier molecular flexibility index (Phi) is 35.4. The fraction of sp³-hybridized carbons (Fsp3) is 0.632. The van der Waals surface area contributed by atoms with E-state index in [1.165, 1.54) is 103 Å². The molecule has 0 heterocycles. The molecule has 2 aromatic rings. The van der Waals surface area contributed by atoms with Crippen LogP contribution < -0.4 is 0 Å². The molecule has 0 amide bonds. The van der Waals surface area contributed by atoms with E-state index < -0.39 is 11.9 Å². The summed E-state index contributed by atoms with van der Waals surface area (Å²) in [5.41, 5.74) is 0. The lowest BCUT2D eigenvalue weighted by Crippen LogP contribution is -1.93. The van der Waals surface area contributed by atoms with Crippen molar-refractivity contribution in [3.8, 4) is 11.5 Å².